The van der Waals surface area contributed by atoms with Crippen molar-refractivity contribution in [1.82, 2.24) is 0 Å². The highest BCUT2D eigenvalue weighted by molar-refractivity contribution is 9.10. The van der Waals surface area contributed by atoms with Crippen LogP contribution in [0, 0.1) is 11.3 Å². The molecule has 15 heavy (non-hydrogen) atoms. The smallest absolute Gasteiger partial charge is 0.101 e. The molecule has 0 saturated carbocycles. The number of hydrogen-bond donors (Lipinski definition) is 2. The van der Waals surface area contributed by atoms with Gasteiger partial charge in [0.1, 0.15) is 6.07 Å². The van der Waals surface area contributed by atoms with E-state index in [1.807, 2.05) is 26.0 Å². The molecule has 3 N–H and O–H groups in total. The van der Waals surface area contributed by atoms with Crippen LogP contribution in [0.2, 0.25) is 0 Å². The van der Waals surface area contributed by atoms with Crippen LogP contribution in [0.25, 0.3) is 0 Å². The molecule has 0 aliphatic heterocycles. The average Bonchev–Trinajstić information content (AvgIpc) is 2.20. The number of nitrogens with two attached hydrogens (primary N) is 1. The summed E-state index contributed by atoms with van der Waals surface area (Å²) in [4.78, 5) is 0. The van der Waals surface area contributed by atoms with Crippen molar-refractivity contribution in [3.8, 4) is 6.07 Å². The largest absolute Gasteiger partial charge is 0.380 e. The second kappa shape index (κ2) is 5.15. The molecule has 0 heterocycles. The van der Waals surface area contributed by atoms with Gasteiger partial charge in [0.2, 0.25) is 0 Å². The summed E-state index contributed by atoms with van der Waals surface area (Å²) in [5, 5.41) is 12.2. The van der Waals surface area contributed by atoms with Crippen molar-refractivity contribution in [2.75, 3.05) is 5.32 Å². The van der Waals surface area contributed by atoms with E-state index in [2.05, 4.69) is 27.3 Å². The summed E-state index contributed by atoms with van der Waals surface area (Å²) in [5.41, 5.74) is 7.20. The second-order valence-electron chi connectivity index (χ2n) is 3.59. The van der Waals surface area contributed by atoms with Crippen molar-refractivity contribution < 1.29 is 0 Å². The first-order valence-electron chi connectivity index (χ1n) is 4.76. The molecule has 0 amide bonds. The van der Waals surface area contributed by atoms with Crippen LogP contribution in [-0.4, -0.2) is 12.1 Å². The van der Waals surface area contributed by atoms with E-state index in [0.717, 1.165) is 10.2 Å². The Morgan fingerprint density at radius 2 is 2.13 bits per heavy atom. The molecule has 0 radical (unpaired) electrons. The van der Waals surface area contributed by atoms with Gasteiger partial charge in [-0.2, -0.15) is 5.26 Å². The van der Waals surface area contributed by atoms with E-state index in [1.54, 1.807) is 6.07 Å². The van der Waals surface area contributed by atoms with Gasteiger partial charge in [0.15, 0.2) is 0 Å². The van der Waals surface area contributed by atoms with Crippen LogP contribution >= 0.6 is 15.9 Å². The Bertz CT molecular complexity index is 382. The Morgan fingerprint density at radius 1 is 1.47 bits per heavy atom. The number of nitrogens with zero attached hydrogens (tertiary/aromatic N) is 1. The molecule has 1 aromatic rings. The van der Waals surface area contributed by atoms with Crippen molar-refractivity contribution in [3.63, 3.8) is 0 Å². The molecule has 80 valence electrons. The van der Waals surface area contributed by atoms with Crippen LogP contribution in [-0.2, 0) is 0 Å². The van der Waals surface area contributed by atoms with Gasteiger partial charge in [0, 0.05) is 16.6 Å². The lowest BCUT2D eigenvalue weighted by molar-refractivity contribution is 0.638. The zero-order valence-corrected chi connectivity index (χ0v) is 10.4. The van der Waals surface area contributed by atoms with Crippen molar-refractivity contribution in [2.45, 2.75) is 25.9 Å². The van der Waals surface area contributed by atoms with Gasteiger partial charge >= 0.3 is 0 Å². The molecule has 1 rings (SSSR count). The minimum absolute atomic E-state index is 0.0418. The lowest BCUT2D eigenvalue weighted by atomic mass is 10.1. The van der Waals surface area contributed by atoms with Gasteiger partial charge < -0.3 is 11.1 Å². The molecular weight excluding hydrogens is 254 g/mol. The van der Waals surface area contributed by atoms with Crippen LogP contribution in [0.15, 0.2) is 22.7 Å². The maximum Gasteiger partial charge on any atom is 0.101 e. The van der Waals surface area contributed by atoms with E-state index in [0.29, 0.717) is 5.56 Å². The van der Waals surface area contributed by atoms with Gasteiger partial charge in [-0.15, -0.1) is 0 Å². The van der Waals surface area contributed by atoms with Crippen LogP contribution < -0.4 is 11.1 Å². The van der Waals surface area contributed by atoms with Gasteiger partial charge in [-0.1, -0.05) is 15.9 Å². The van der Waals surface area contributed by atoms with Gasteiger partial charge in [0.05, 0.1) is 11.3 Å². The van der Waals surface area contributed by atoms with Crippen LogP contribution in [0.3, 0.4) is 0 Å². The van der Waals surface area contributed by atoms with E-state index in [1.165, 1.54) is 0 Å². The third-order valence-electron chi connectivity index (χ3n) is 2.27. The number of rotatable bonds is 3. The third kappa shape index (κ3) is 3.22. The Balaban J connectivity index is 2.91. The number of anilines is 1. The fourth-order valence-corrected chi connectivity index (χ4v) is 1.47. The average molecular weight is 268 g/mol. The molecule has 3 nitrogen and oxygen atoms in total. The van der Waals surface area contributed by atoms with E-state index in [9.17, 15) is 0 Å². The standard InChI is InChI=1S/C11H14BrN3/c1-7(14)8(2)15-11-4-3-10(12)5-9(11)6-13/h3-5,7-8,15H,14H2,1-2H3. The predicted molar refractivity (Wildman–Crippen MR) is 65.6 cm³/mol. The molecule has 2 atom stereocenters. The summed E-state index contributed by atoms with van der Waals surface area (Å²) in [6, 6.07) is 7.89. The first-order valence-corrected chi connectivity index (χ1v) is 5.55. The maximum absolute atomic E-state index is 8.95. The molecule has 0 fully saturated rings. The zero-order chi connectivity index (χ0) is 11.4. The summed E-state index contributed by atoms with van der Waals surface area (Å²) in [6.45, 7) is 3.93. The second-order valence-corrected chi connectivity index (χ2v) is 4.51. The first-order chi connectivity index (χ1) is 7.04. The zero-order valence-electron chi connectivity index (χ0n) is 8.79. The minimum atomic E-state index is 0.0418. The maximum atomic E-state index is 8.95. The monoisotopic (exact) mass is 267 g/mol. The minimum Gasteiger partial charge on any atom is -0.380 e. The van der Waals surface area contributed by atoms with E-state index in [-0.39, 0.29) is 12.1 Å². The lowest BCUT2D eigenvalue weighted by Crippen LogP contribution is -2.35. The van der Waals surface area contributed by atoms with Crippen molar-refractivity contribution in [3.05, 3.63) is 28.2 Å². The molecule has 0 aliphatic rings. The third-order valence-corrected chi connectivity index (χ3v) is 2.77. The quantitative estimate of drug-likeness (QED) is 0.885. The predicted octanol–water partition coefficient (Wildman–Crippen LogP) is 2.47. The van der Waals surface area contributed by atoms with E-state index < -0.39 is 0 Å². The van der Waals surface area contributed by atoms with Gasteiger partial charge in [-0.25, -0.2) is 0 Å². The number of benzene rings is 1. The lowest BCUT2D eigenvalue weighted by Gasteiger charge is -2.19. The fraction of sp³-hybridized carbons (Fsp3) is 0.364. The van der Waals surface area contributed by atoms with Crippen LogP contribution in [0.5, 0.6) is 0 Å². The summed E-state index contributed by atoms with van der Waals surface area (Å²) in [7, 11) is 0. The number of halogens is 1. The highest BCUT2D eigenvalue weighted by Gasteiger charge is 2.09. The topological polar surface area (TPSA) is 61.8 Å². The highest BCUT2D eigenvalue weighted by atomic mass is 79.9. The SMILES string of the molecule is CC(N)C(C)Nc1ccc(Br)cc1C#N. The Labute approximate surface area is 98.4 Å². The van der Waals surface area contributed by atoms with Gasteiger partial charge in [-0.05, 0) is 32.0 Å². The normalized spacial score (nSPS) is 14.1. The van der Waals surface area contributed by atoms with Gasteiger partial charge in [0.25, 0.3) is 0 Å². The Hall–Kier alpha value is -1.05. The number of hydrogen-bond acceptors (Lipinski definition) is 3. The summed E-state index contributed by atoms with van der Waals surface area (Å²) < 4.78 is 0.901. The molecule has 4 heteroatoms. The van der Waals surface area contributed by atoms with Crippen molar-refractivity contribution in [2.24, 2.45) is 5.73 Å². The van der Waals surface area contributed by atoms with Gasteiger partial charge in [-0.3, -0.25) is 0 Å². The molecular formula is C11H14BrN3. The molecule has 0 spiro atoms. The van der Waals surface area contributed by atoms with Crippen molar-refractivity contribution in [1.29, 1.82) is 5.26 Å². The first kappa shape index (κ1) is 12.0. The summed E-state index contributed by atoms with van der Waals surface area (Å²) >= 11 is 3.33. The number of nitrogens with one attached hydrogen (secondary N) is 1. The summed E-state index contributed by atoms with van der Waals surface area (Å²) in [5.74, 6) is 0. The van der Waals surface area contributed by atoms with E-state index >= 15 is 0 Å². The molecule has 0 aliphatic carbocycles. The molecule has 2 unspecified atom stereocenters. The van der Waals surface area contributed by atoms with Crippen molar-refractivity contribution >= 4 is 21.6 Å². The van der Waals surface area contributed by atoms with Crippen LogP contribution in [0.4, 0.5) is 5.69 Å². The number of nitriles is 1. The molecule has 0 aromatic heterocycles. The summed E-state index contributed by atoms with van der Waals surface area (Å²) in [6.07, 6.45) is 0. The Morgan fingerprint density at radius 3 is 2.67 bits per heavy atom. The Kier molecular flexibility index (Phi) is 4.13. The fourth-order valence-electron chi connectivity index (χ4n) is 1.11. The molecule has 0 saturated heterocycles. The molecule has 1 aromatic carbocycles. The van der Waals surface area contributed by atoms with E-state index in [4.69, 9.17) is 11.0 Å². The molecule has 0 bridgehead atoms. The highest BCUT2D eigenvalue weighted by Crippen LogP contribution is 2.21. The van der Waals surface area contributed by atoms with Crippen LogP contribution in [0.1, 0.15) is 19.4 Å².